The molecule has 2 aliphatic rings. The van der Waals surface area contributed by atoms with Crippen LogP contribution in [0.5, 0.6) is 11.5 Å². The van der Waals surface area contributed by atoms with Gasteiger partial charge in [-0.1, -0.05) is 11.2 Å². The lowest BCUT2D eigenvalue weighted by Crippen LogP contribution is -2.42. The van der Waals surface area contributed by atoms with E-state index in [1.54, 1.807) is 26.4 Å². The van der Waals surface area contributed by atoms with Crippen molar-refractivity contribution < 1.29 is 23.8 Å². The molecule has 2 aliphatic heterocycles. The van der Waals surface area contributed by atoms with Gasteiger partial charge in [-0.05, 0) is 30.8 Å². The van der Waals surface area contributed by atoms with E-state index in [9.17, 15) is 4.79 Å². The Labute approximate surface area is 146 Å². The molecule has 1 saturated heterocycles. The fraction of sp³-hybridized carbons (Fsp3) is 0.529. The van der Waals surface area contributed by atoms with Crippen molar-refractivity contribution in [3.05, 3.63) is 23.8 Å². The number of oxime groups is 1. The van der Waals surface area contributed by atoms with Gasteiger partial charge in [0.2, 0.25) is 5.90 Å². The van der Waals surface area contributed by atoms with Crippen LogP contribution in [0.1, 0.15) is 24.8 Å². The number of carbonyl (C=O) groups excluding carboxylic acids is 1. The molecule has 0 aromatic heterocycles. The van der Waals surface area contributed by atoms with Crippen molar-refractivity contribution in [2.75, 3.05) is 27.3 Å². The normalized spacial score (nSPS) is 18.2. The number of nitrogens with zero attached hydrogens (tertiary/aromatic N) is 1. The van der Waals surface area contributed by atoms with Gasteiger partial charge < -0.3 is 29.7 Å². The van der Waals surface area contributed by atoms with Gasteiger partial charge in [-0.25, -0.2) is 4.79 Å². The quantitative estimate of drug-likeness (QED) is 0.861. The second-order valence-corrected chi connectivity index (χ2v) is 6.12. The van der Waals surface area contributed by atoms with Crippen LogP contribution < -0.4 is 20.1 Å². The van der Waals surface area contributed by atoms with Crippen molar-refractivity contribution in [2.45, 2.75) is 31.4 Å². The summed E-state index contributed by atoms with van der Waals surface area (Å²) in [5, 5.41) is 9.90. The lowest BCUT2D eigenvalue weighted by Gasteiger charge is -2.30. The number of carbonyl (C=O) groups is 1. The number of nitrogens with one attached hydrogen (secondary N) is 2. The number of benzene rings is 1. The maximum absolute atomic E-state index is 12.0. The number of rotatable bonds is 4. The highest BCUT2D eigenvalue weighted by atomic mass is 16.7. The van der Waals surface area contributed by atoms with Gasteiger partial charge in [0.05, 0.1) is 20.6 Å². The summed E-state index contributed by atoms with van der Waals surface area (Å²) in [6.45, 7) is 2.07. The van der Waals surface area contributed by atoms with E-state index in [0.717, 1.165) is 31.5 Å². The van der Waals surface area contributed by atoms with Gasteiger partial charge in [-0.15, -0.1) is 0 Å². The highest BCUT2D eigenvalue weighted by molar-refractivity contribution is 5.89. The predicted octanol–water partition coefficient (Wildman–Crippen LogP) is 1.79. The van der Waals surface area contributed by atoms with Crippen molar-refractivity contribution in [1.82, 2.24) is 10.6 Å². The summed E-state index contributed by atoms with van der Waals surface area (Å²) in [6.07, 6.45) is 1.69. The van der Waals surface area contributed by atoms with E-state index in [4.69, 9.17) is 19.0 Å². The summed E-state index contributed by atoms with van der Waals surface area (Å²) in [4.78, 5) is 17.5. The van der Waals surface area contributed by atoms with Gasteiger partial charge in [0.25, 0.3) is 0 Å². The van der Waals surface area contributed by atoms with Crippen LogP contribution in [0.2, 0.25) is 0 Å². The Morgan fingerprint density at radius 1 is 1.28 bits per heavy atom. The molecule has 1 spiro atoms. The molecule has 3 rings (SSSR count). The summed E-state index contributed by atoms with van der Waals surface area (Å²) >= 11 is 0. The first kappa shape index (κ1) is 17.3. The van der Waals surface area contributed by atoms with E-state index in [-0.39, 0.29) is 5.60 Å². The first-order valence-corrected chi connectivity index (χ1v) is 8.26. The fourth-order valence-corrected chi connectivity index (χ4v) is 3.00. The molecule has 0 bridgehead atoms. The number of amides is 1. The average molecular weight is 349 g/mol. The summed E-state index contributed by atoms with van der Waals surface area (Å²) in [5.74, 6) is 1.57. The first-order chi connectivity index (χ1) is 12.1. The molecule has 25 heavy (non-hydrogen) atoms. The Kier molecular flexibility index (Phi) is 5.28. The van der Waals surface area contributed by atoms with E-state index >= 15 is 0 Å². The lowest BCUT2D eigenvalue weighted by molar-refractivity contribution is -0.0400. The molecule has 0 saturated carbocycles. The second-order valence-electron chi connectivity index (χ2n) is 6.12. The zero-order valence-corrected chi connectivity index (χ0v) is 14.5. The number of piperidine rings is 1. The topological polar surface area (TPSA) is 90.4 Å². The van der Waals surface area contributed by atoms with Crippen molar-refractivity contribution in [3.63, 3.8) is 0 Å². The highest BCUT2D eigenvalue weighted by Gasteiger charge is 2.41. The van der Waals surface area contributed by atoms with Crippen LogP contribution in [0.25, 0.3) is 0 Å². The van der Waals surface area contributed by atoms with Gasteiger partial charge in [-0.2, -0.15) is 0 Å². The smallest absolute Gasteiger partial charge is 0.414 e. The average Bonchev–Trinajstić information content (AvgIpc) is 3.02. The molecule has 1 fully saturated rings. The molecule has 8 heteroatoms. The zero-order chi connectivity index (χ0) is 17.7. The monoisotopic (exact) mass is 349 g/mol. The molecule has 0 atom stereocenters. The van der Waals surface area contributed by atoms with E-state index in [2.05, 4.69) is 15.8 Å². The molecule has 8 nitrogen and oxygen atoms in total. The third kappa shape index (κ3) is 4.14. The summed E-state index contributed by atoms with van der Waals surface area (Å²) < 4.78 is 15.7. The van der Waals surface area contributed by atoms with E-state index in [1.807, 2.05) is 6.07 Å². The Bertz CT molecular complexity index is 656. The Hall–Kier alpha value is -2.48. The van der Waals surface area contributed by atoms with E-state index < -0.39 is 6.09 Å². The lowest BCUT2D eigenvalue weighted by atomic mass is 9.89. The number of methoxy groups -OCH3 is 2. The van der Waals surface area contributed by atoms with Crippen molar-refractivity contribution in [3.8, 4) is 11.5 Å². The third-order valence-corrected chi connectivity index (χ3v) is 4.42. The standard InChI is InChI=1S/C17H23N3O5/c1-22-13-4-3-12(9-14(13)23-2)11-19-16(21)24-15-10-17(25-20-15)5-7-18-8-6-17/h3-4,9,18H,5-8,10-11H2,1-2H3,(H,19,21). The van der Waals surface area contributed by atoms with Crippen LogP contribution in [0.3, 0.4) is 0 Å². The predicted molar refractivity (Wildman–Crippen MR) is 90.8 cm³/mol. The van der Waals surface area contributed by atoms with Crippen LogP contribution in [0.4, 0.5) is 4.79 Å². The molecule has 2 N–H and O–H groups in total. The first-order valence-electron chi connectivity index (χ1n) is 8.26. The molecule has 1 aromatic carbocycles. The van der Waals surface area contributed by atoms with Crippen LogP contribution in [-0.4, -0.2) is 44.9 Å². The number of hydrogen-bond acceptors (Lipinski definition) is 7. The number of ether oxygens (including phenoxy) is 3. The summed E-state index contributed by atoms with van der Waals surface area (Å²) in [6, 6.07) is 5.44. The molecule has 1 amide bonds. The number of hydrogen-bond donors (Lipinski definition) is 2. The third-order valence-electron chi connectivity index (χ3n) is 4.42. The van der Waals surface area contributed by atoms with Crippen LogP contribution in [-0.2, 0) is 16.1 Å². The van der Waals surface area contributed by atoms with Gasteiger partial charge in [0.1, 0.15) is 5.60 Å². The largest absolute Gasteiger partial charge is 0.493 e. The summed E-state index contributed by atoms with van der Waals surface area (Å²) in [7, 11) is 3.14. The van der Waals surface area contributed by atoms with Gasteiger partial charge >= 0.3 is 6.09 Å². The SMILES string of the molecule is COc1ccc(CNC(=O)OC2=NOC3(CCNCC3)C2)cc1OC. The highest BCUT2D eigenvalue weighted by Crippen LogP contribution is 2.32. The zero-order valence-electron chi connectivity index (χ0n) is 14.5. The molecule has 2 heterocycles. The van der Waals surface area contributed by atoms with Gasteiger partial charge in [-0.3, -0.25) is 0 Å². The van der Waals surface area contributed by atoms with Gasteiger partial charge in [0.15, 0.2) is 11.5 Å². The van der Waals surface area contributed by atoms with E-state index in [1.165, 1.54) is 0 Å². The molecule has 136 valence electrons. The Morgan fingerprint density at radius 3 is 2.76 bits per heavy atom. The number of alkyl carbamates (subject to hydrolysis) is 1. The fourth-order valence-electron chi connectivity index (χ4n) is 3.00. The minimum atomic E-state index is -0.553. The van der Waals surface area contributed by atoms with E-state index in [0.29, 0.717) is 30.4 Å². The maximum Gasteiger partial charge on any atom is 0.414 e. The molecule has 0 radical (unpaired) electrons. The van der Waals surface area contributed by atoms with Gasteiger partial charge in [0, 0.05) is 19.4 Å². The summed E-state index contributed by atoms with van der Waals surface area (Å²) in [5.41, 5.74) is 0.554. The molecule has 0 unspecified atom stereocenters. The molecule has 0 aliphatic carbocycles. The van der Waals surface area contributed by atoms with Crippen LogP contribution in [0, 0.1) is 0 Å². The van der Waals surface area contributed by atoms with Crippen LogP contribution in [0.15, 0.2) is 23.4 Å². The minimum absolute atomic E-state index is 0.308. The molecular weight excluding hydrogens is 326 g/mol. The van der Waals surface area contributed by atoms with Crippen LogP contribution >= 0.6 is 0 Å². The van der Waals surface area contributed by atoms with Crippen molar-refractivity contribution >= 4 is 12.0 Å². The van der Waals surface area contributed by atoms with Crippen molar-refractivity contribution in [1.29, 1.82) is 0 Å². The van der Waals surface area contributed by atoms with Crippen molar-refractivity contribution in [2.24, 2.45) is 5.16 Å². The Balaban J connectivity index is 1.49. The molecule has 1 aromatic rings. The minimum Gasteiger partial charge on any atom is -0.493 e. The Morgan fingerprint density at radius 2 is 2.04 bits per heavy atom. The second kappa shape index (κ2) is 7.60. The molecular formula is C17H23N3O5. The maximum atomic E-state index is 12.0.